The lowest BCUT2D eigenvalue weighted by atomic mass is 9.91. The van der Waals surface area contributed by atoms with Crippen LogP contribution < -0.4 is 0 Å². The average molecular weight is 455 g/mol. The Balaban J connectivity index is 1.46. The van der Waals surface area contributed by atoms with Crippen LogP contribution in [0.4, 0.5) is 0 Å². The van der Waals surface area contributed by atoms with E-state index in [-0.39, 0.29) is 0 Å². The van der Waals surface area contributed by atoms with Gasteiger partial charge >= 0.3 is 0 Å². The van der Waals surface area contributed by atoms with Crippen molar-refractivity contribution in [2.75, 3.05) is 0 Å². The third-order valence-electron chi connectivity index (χ3n) is 7.74. The largest absolute Gasteiger partial charge is 0.0616 e. The van der Waals surface area contributed by atoms with E-state index in [0.29, 0.717) is 0 Å². The van der Waals surface area contributed by atoms with Crippen LogP contribution in [-0.4, -0.2) is 0 Å². The molecule has 0 fully saturated rings. The van der Waals surface area contributed by atoms with Gasteiger partial charge in [0.25, 0.3) is 0 Å². The summed E-state index contributed by atoms with van der Waals surface area (Å²) in [5, 5.41) is 15.5. The smallest absolute Gasteiger partial charge is 0.00986 e. The van der Waals surface area contributed by atoms with Gasteiger partial charge < -0.3 is 0 Å². The van der Waals surface area contributed by atoms with Gasteiger partial charge in [0.2, 0.25) is 0 Å². The molecular weight excluding hydrogens is 432 g/mol. The lowest BCUT2D eigenvalue weighted by molar-refractivity contribution is 1.70. The number of benzene rings is 8. The molecule has 0 heterocycles. The molecule has 0 saturated heterocycles. The topological polar surface area (TPSA) is 0 Å². The molecule has 166 valence electrons. The fraction of sp³-hybridized carbons (Fsp3) is 0. The standard InChI is InChI=1S/C36H22/c1-2-9-25-18-30-21-34-28(20-29(30)17-24(25)8-1)16-15-27-19-26-11-6-14-33(35(26)22-36(27)34)32-13-5-10-23-7-3-4-12-31(23)32/h1-22H. The van der Waals surface area contributed by atoms with Gasteiger partial charge in [-0.25, -0.2) is 0 Å². The number of hydrogen-bond acceptors (Lipinski definition) is 0. The van der Waals surface area contributed by atoms with Gasteiger partial charge in [-0.2, -0.15) is 0 Å². The van der Waals surface area contributed by atoms with Crippen molar-refractivity contribution in [2.45, 2.75) is 0 Å². The number of rotatable bonds is 1. The molecule has 0 N–H and O–H groups in total. The summed E-state index contributed by atoms with van der Waals surface area (Å²) in [5.41, 5.74) is 2.57. The normalized spacial score (nSPS) is 11.9. The Kier molecular flexibility index (Phi) is 4.03. The summed E-state index contributed by atoms with van der Waals surface area (Å²) in [7, 11) is 0. The van der Waals surface area contributed by atoms with Crippen LogP contribution in [0.1, 0.15) is 0 Å². The molecular formula is C36H22. The molecule has 8 aromatic carbocycles. The molecule has 0 bridgehead atoms. The van der Waals surface area contributed by atoms with E-state index in [2.05, 4.69) is 133 Å². The summed E-state index contributed by atoms with van der Waals surface area (Å²) >= 11 is 0. The summed E-state index contributed by atoms with van der Waals surface area (Å²) in [4.78, 5) is 0. The molecule has 0 saturated carbocycles. The first-order chi connectivity index (χ1) is 17.8. The Hall–Kier alpha value is -4.68. The average Bonchev–Trinajstić information content (AvgIpc) is 2.93. The molecule has 0 aromatic heterocycles. The van der Waals surface area contributed by atoms with Gasteiger partial charge in [0.05, 0.1) is 0 Å². The maximum atomic E-state index is 2.41. The Labute approximate surface area is 209 Å². The fourth-order valence-corrected chi connectivity index (χ4v) is 5.97. The van der Waals surface area contributed by atoms with Crippen LogP contribution in [0.5, 0.6) is 0 Å². The third-order valence-corrected chi connectivity index (χ3v) is 7.74. The van der Waals surface area contributed by atoms with Crippen LogP contribution in [0.3, 0.4) is 0 Å². The van der Waals surface area contributed by atoms with Crippen LogP contribution in [0.2, 0.25) is 0 Å². The maximum absolute atomic E-state index is 2.41. The summed E-state index contributed by atoms with van der Waals surface area (Å²) in [6.07, 6.45) is 0. The summed E-state index contributed by atoms with van der Waals surface area (Å²) in [5.74, 6) is 0. The van der Waals surface area contributed by atoms with E-state index in [1.54, 1.807) is 0 Å². The second-order valence-corrected chi connectivity index (χ2v) is 9.81. The maximum Gasteiger partial charge on any atom is -0.00986 e. The van der Waals surface area contributed by atoms with Crippen LogP contribution in [0, 0.1) is 0 Å². The molecule has 0 amide bonds. The van der Waals surface area contributed by atoms with E-state index in [0.717, 1.165) is 0 Å². The first kappa shape index (κ1) is 19.6. The Bertz CT molecular complexity index is 2140. The fourth-order valence-electron chi connectivity index (χ4n) is 5.97. The zero-order valence-corrected chi connectivity index (χ0v) is 19.7. The monoisotopic (exact) mass is 454 g/mol. The first-order valence-electron chi connectivity index (χ1n) is 12.5. The zero-order valence-electron chi connectivity index (χ0n) is 19.7. The minimum Gasteiger partial charge on any atom is -0.0616 e. The predicted molar refractivity (Wildman–Crippen MR) is 157 cm³/mol. The van der Waals surface area contributed by atoms with Crippen LogP contribution in [-0.2, 0) is 0 Å². The predicted octanol–water partition coefficient (Wildman–Crippen LogP) is 10.3. The van der Waals surface area contributed by atoms with Gasteiger partial charge in [0.15, 0.2) is 0 Å². The Morgan fingerprint density at radius 2 is 0.694 bits per heavy atom. The molecule has 0 nitrogen and oxygen atoms in total. The third kappa shape index (κ3) is 2.88. The highest BCUT2D eigenvalue weighted by molar-refractivity contribution is 6.18. The minimum atomic E-state index is 1.27. The minimum absolute atomic E-state index is 1.27. The van der Waals surface area contributed by atoms with Crippen molar-refractivity contribution in [3.05, 3.63) is 133 Å². The zero-order chi connectivity index (χ0) is 23.6. The van der Waals surface area contributed by atoms with E-state index in [4.69, 9.17) is 0 Å². The van der Waals surface area contributed by atoms with Crippen molar-refractivity contribution in [2.24, 2.45) is 0 Å². The molecule has 0 aliphatic heterocycles. The van der Waals surface area contributed by atoms with E-state index in [9.17, 15) is 0 Å². The molecule has 36 heavy (non-hydrogen) atoms. The molecule has 0 aliphatic carbocycles. The molecule has 0 radical (unpaired) electrons. The van der Waals surface area contributed by atoms with Crippen molar-refractivity contribution < 1.29 is 0 Å². The van der Waals surface area contributed by atoms with Gasteiger partial charge in [0, 0.05) is 0 Å². The second-order valence-electron chi connectivity index (χ2n) is 9.81. The summed E-state index contributed by atoms with van der Waals surface area (Å²) in [6, 6.07) is 49.3. The van der Waals surface area contributed by atoms with Gasteiger partial charge in [-0.1, -0.05) is 97.1 Å². The van der Waals surface area contributed by atoms with Gasteiger partial charge in [0.1, 0.15) is 0 Å². The molecule has 0 aliphatic rings. The lowest BCUT2D eigenvalue weighted by Gasteiger charge is -2.13. The van der Waals surface area contributed by atoms with Crippen molar-refractivity contribution in [1.82, 2.24) is 0 Å². The van der Waals surface area contributed by atoms with E-state index < -0.39 is 0 Å². The quantitative estimate of drug-likeness (QED) is 0.171. The lowest BCUT2D eigenvalue weighted by Crippen LogP contribution is -1.86. The Morgan fingerprint density at radius 3 is 1.44 bits per heavy atom. The molecule has 0 atom stereocenters. The van der Waals surface area contributed by atoms with E-state index in [1.165, 1.54) is 75.8 Å². The van der Waals surface area contributed by atoms with Crippen molar-refractivity contribution in [1.29, 1.82) is 0 Å². The van der Waals surface area contributed by atoms with E-state index >= 15 is 0 Å². The van der Waals surface area contributed by atoms with Crippen LogP contribution in [0.25, 0.3) is 75.8 Å². The summed E-state index contributed by atoms with van der Waals surface area (Å²) in [6.45, 7) is 0. The highest BCUT2D eigenvalue weighted by Gasteiger charge is 2.11. The highest BCUT2D eigenvalue weighted by atomic mass is 14.1. The first-order valence-corrected chi connectivity index (χ1v) is 12.5. The Morgan fingerprint density at radius 1 is 0.222 bits per heavy atom. The SMILES string of the molecule is c1ccc2cc3cc4c(ccc5cc6cccc(-c7cccc8ccccc78)c6cc54)cc3cc2c1. The van der Waals surface area contributed by atoms with Crippen LogP contribution >= 0.6 is 0 Å². The number of hydrogen-bond donors (Lipinski definition) is 0. The summed E-state index contributed by atoms with van der Waals surface area (Å²) < 4.78 is 0. The molecule has 0 unspecified atom stereocenters. The van der Waals surface area contributed by atoms with Crippen molar-refractivity contribution in [3.8, 4) is 11.1 Å². The molecule has 0 heteroatoms. The second kappa shape index (κ2) is 7.41. The molecule has 0 spiro atoms. The molecule has 8 aromatic rings. The van der Waals surface area contributed by atoms with Gasteiger partial charge in [-0.05, 0) is 112 Å². The number of fused-ring (bicyclic) bond motifs is 7. The van der Waals surface area contributed by atoms with Crippen molar-refractivity contribution >= 4 is 64.6 Å². The van der Waals surface area contributed by atoms with E-state index in [1.807, 2.05) is 0 Å². The van der Waals surface area contributed by atoms with Crippen molar-refractivity contribution in [3.63, 3.8) is 0 Å². The van der Waals surface area contributed by atoms with Gasteiger partial charge in [-0.3, -0.25) is 0 Å². The van der Waals surface area contributed by atoms with Crippen LogP contribution in [0.15, 0.2) is 133 Å². The molecule has 8 rings (SSSR count). The highest BCUT2D eigenvalue weighted by Crippen LogP contribution is 2.38. The van der Waals surface area contributed by atoms with Gasteiger partial charge in [-0.15, -0.1) is 0 Å².